The van der Waals surface area contributed by atoms with E-state index in [2.05, 4.69) is 0 Å². The van der Waals surface area contributed by atoms with Gasteiger partial charge in [0.2, 0.25) is 0 Å². The third kappa shape index (κ3) is 2.05. The standard InChI is InChI=1S/C10H10F4/c1-2-3-6-4-5-7(10(13)14)9(12)8(6)11/h4-5,10H,2-3H2,1H3. The van der Waals surface area contributed by atoms with E-state index in [0.717, 1.165) is 6.07 Å². The Bertz CT molecular complexity index is 320. The molecule has 0 N–H and O–H groups in total. The van der Waals surface area contributed by atoms with E-state index in [9.17, 15) is 17.6 Å². The van der Waals surface area contributed by atoms with E-state index < -0.39 is 23.6 Å². The van der Waals surface area contributed by atoms with E-state index in [-0.39, 0.29) is 5.56 Å². The fourth-order valence-corrected chi connectivity index (χ4v) is 1.24. The van der Waals surface area contributed by atoms with Crippen molar-refractivity contribution in [3.05, 3.63) is 34.9 Å². The van der Waals surface area contributed by atoms with Crippen LogP contribution in [0.15, 0.2) is 12.1 Å². The van der Waals surface area contributed by atoms with Gasteiger partial charge in [-0.25, -0.2) is 17.6 Å². The minimum Gasteiger partial charge on any atom is -0.205 e. The van der Waals surface area contributed by atoms with E-state index >= 15 is 0 Å². The Morgan fingerprint density at radius 2 is 1.79 bits per heavy atom. The summed E-state index contributed by atoms with van der Waals surface area (Å²) in [5.41, 5.74) is -0.725. The average Bonchev–Trinajstić information content (AvgIpc) is 2.13. The molecular weight excluding hydrogens is 196 g/mol. The van der Waals surface area contributed by atoms with Crippen molar-refractivity contribution in [2.45, 2.75) is 26.2 Å². The van der Waals surface area contributed by atoms with E-state index in [1.807, 2.05) is 0 Å². The Morgan fingerprint density at radius 1 is 1.14 bits per heavy atom. The molecule has 4 heteroatoms. The molecule has 0 radical (unpaired) electrons. The van der Waals surface area contributed by atoms with Gasteiger partial charge in [-0.1, -0.05) is 19.4 Å². The SMILES string of the molecule is CCCc1ccc(C(F)F)c(F)c1F. The summed E-state index contributed by atoms with van der Waals surface area (Å²) in [4.78, 5) is 0. The second-order valence-electron chi connectivity index (χ2n) is 2.99. The molecule has 1 aromatic carbocycles. The maximum atomic E-state index is 13.1. The van der Waals surface area contributed by atoms with Crippen LogP contribution in [-0.2, 0) is 6.42 Å². The van der Waals surface area contributed by atoms with Crippen LogP contribution in [-0.4, -0.2) is 0 Å². The number of halogens is 4. The lowest BCUT2D eigenvalue weighted by Crippen LogP contribution is -1.99. The van der Waals surface area contributed by atoms with Crippen molar-refractivity contribution >= 4 is 0 Å². The van der Waals surface area contributed by atoms with Gasteiger partial charge in [-0.3, -0.25) is 0 Å². The van der Waals surface area contributed by atoms with Gasteiger partial charge in [0.05, 0.1) is 5.56 Å². The summed E-state index contributed by atoms with van der Waals surface area (Å²) in [6, 6.07) is 2.15. The summed E-state index contributed by atoms with van der Waals surface area (Å²) in [5, 5.41) is 0. The van der Waals surface area contributed by atoms with Gasteiger partial charge in [0.1, 0.15) is 0 Å². The van der Waals surface area contributed by atoms with Gasteiger partial charge in [-0.2, -0.15) is 0 Å². The minimum atomic E-state index is -2.97. The molecule has 0 aromatic heterocycles. The number of alkyl halides is 2. The predicted molar refractivity (Wildman–Crippen MR) is 45.3 cm³/mol. The molecule has 0 unspecified atom stereocenters. The van der Waals surface area contributed by atoms with Crippen molar-refractivity contribution in [1.82, 2.24) is 0 Å². The minimum absolute atomic E-state index is 0.148. The molecule has 0 bridgehead atoms. The third-order valence-electron chi connectivity index (χ3n) is 1.95. The van der Waals surface area contributed by atoms with Crippen molar-refractivity contribution in [2.75, 3.05) is 0 Å². The Morgan fingerprint density at radius 3 is 2.29 bits per heavy atom. The number of aryl methyl sites for hydroxylation is 1. The fourth-order valence-electron chi connectivity index (χ4n) is 1.24. The summed E-state index contributed by atoms with van der Waals surface area (Å²) >= 11 is 0. The van der Waals surface area contributed by atoms with Crippen LogP contribution < -0.4 is 0 Å². The lowest BCUT2D eigenvalue weighted by molar-refractivity contribution is 0.145. The Balaban J connectivity index is 3.12. The van der Waals surface area contributed by atoms with Crippen molar-refractivity contribution in [3.8, 4) is 0 Å². The molecule has 0 amide bonds. The average molecular weight is 206 g/mol. The van der Waals surface area contributed by atoms with E-state index in [4.69, 9.17) is 0 Å². The highest BCUT2D eigenvalue weighted by molar-refractivity contribution is 5.27. The molecule has 0 nitrogen and oxygen atoms in total. The van der Waals surface area contributed by atoms with Gasteiger partial charge in [-0.05, 0) is 18.1 Å². The van der Waals surface area contributed by atoms with Gasteiger partial charge in [0.25, 0.3) is 6.43 Å². The van der Waals surface area contributed by atoms with Crippen molar-refractivity contribution in [3.63, 3.8) is 0 Å². The van der Waals surface area contributed by atoms with Gasteiger partial charge in [0.15, 0.2) is 11.6 Å². The van der Waals surface area contributed by atoms with Crippen LogP contribution in [0.3, 0.4) is 0 Å². The largest absolute Gasteiger partial charge is 0.266 e. The highest BCUT2D eigenvalue weighted by atomic mass is 19.3. The lowest BCUT2D eigenvalue weighted by Gasteiger charge is -2.06. The van der Waals surface area contributed by atoms with E-state index in [1.54, 1.807) is 6.92 Å². The molecule has 0 saturated carbocycles. The summed E-state index contributed by atoms with van der Waals surface area (Å²) in [6.07, 6.45) is -1.98. The first-order valence-corrected chi connectivity index (χ1v) is 4.32. The normalized spacial score (nSPS) is 11.0. The summed E-state index contributed by atoms with van der Waals surface area (Å²) in [7, 11) is 0. The monoisotopic (exact) mass is 206 g/mol. The van der Waals surface area contributed by atoms with Crippen LogP contribution in [0.5, 0.6) is 0 Å². The van der Waals surface area contributed by atoms with Gasteiger partial charge < -0.3 is 0 Å². The van der Waals surface area contributed by atoms with Crippen LogP contribution in [0.4, 0.5) is 17.6 Å². The van der Waals surface area contributed by atoms with Gasteiger partial charge >= 0.3 is 0 Å². The quantitative estimate of drug-likeness (QED) is 0.659. The van der Waals surface area contributed by atoms with Gasteiger partial charge in [0, 0.05) is 0 Å². The van der Waals surface area contributed by atoms with Crippen LogP contribution in [0.2, 0.25) is 0 Å². The summed E-state index contributed by atoms with van der Waals surface area (Å²) in [5.74, 6) is -2.57. The number of rotatable bonds is 3. The second kappa shape index (κ2) is 4.44. The fraction of sp³-hybridized carbons (Fsp3) is 0.400. The molecule has 1 rings (SSSR count). The molecule has 0 aliphatic rings. The zero-order valence-electron chi connectivity index (χ0n) is 7.66. The van der Waals surface area contributed by atoms with E-state index in [0.29, 0.717) is 12.8 Å². The maximum Gasteiger partial charge on any atom is 0.266 e. The van der Waals surface area contributed by atoms with Gasteiger partial charge in [-0.15, -0.1) is 0 Å². The van der Waals surface area contributed by atoms with E-state index in [1.165, 1.54) is 6.07 Å². The molecule has 0 fully saturated rings. The van der Waals surface area contributed by atoms with Crippen LogP contribution >= 0.6 is 0 Å². The number of benzene rings is 1. The maximum absolute atomic E-state index is 13.1. The second-order valence-corrected chi connectivity index (χ2v) is 2.99. The number of hydrogen-bond acceptors (Lipinski definition) is 0. The molecule has 14 heavy (non-hydrogen) atoms. The molecular formula is C10H10F4. The smallest absolute Gasteiger partial charge is 0.205 e. The molecule has 0 heterocycles. The first-order valence-electron chi connectivity index (χ1n) is 4.32. The number of hydrogen-bond donors (Lipinski definition) is 0. The highest BCUT2D eigenvalue weighted by Crippen LogP contribution is 2.25. The molecule has 0 aliphatic heterocycles. The third-order valence-corrected chi connectivity index (χ3v) is 1.95. The first-order chi connectivity index (χ1) is 6.57. The Hall–Kier alpha value is -1.06. The molecule has 0 spiro atoms. The van der Waals surface area contributed by atoms with Crippen molar-refractivity contribution in [1.29, 1.82) is 0 Å². The Labute approximate surface area is 79.6 Å². The van der Waals surface area contributed by atoms with Crippen LogP contribution in [0.1, 0.15) is 30.9 Å². The molecule has 1 aromatic rings. The Kier molecular flexibility index (Phi) is 3.49. The zero-order valence-corrected chi connectivity index (χ0v) is 7.66. The summed E-state index contributed by atoms with van der Waals surface area (Å²) in [6.45, 7) is 1.80. The van der Waals surface area contributed by atoms with Crippen LogP contribution in [0, 0.1) is 11.6 Å². The molecule has 0 saturated heterocycles. The van der Waals surface area contributed by atoms with Crippen LogP contribution in [0.25, 0.3) is 0 Å². The topological polar surface area (TPSA) is 0 Å². The summed E-state index contributed by atoms with van der Waals surface area (Å²) < 4.78 is 50.3. The molecule has 78 valence electrons. The predicted octanol–water partition coefficient (Wildman–Crippen LogP) is 3.85. The first kappa shape index (κ1) is 11.0. The lowest BCUT2D eigenvalue weighted by atomic mass is 10.1. The van der Waals surface area contributed by atoms with Crippen molar-refractivity contribution < 1.29 is 17.6 Å². The highest BCUT2D eigenvalue weighted by Gasteiger charge is 2.18. The molecule has 0 aliphatic carbocycles. The molecule has 0 atom stereocenters. The van der Waals surface area contributed by atoms with Crippen molar-refractivity contribution in [2.24, 2.45) is 0 Å². The zero-order chi connectivity index (χ0) is 10.7.